The van der Waals surface area contributed by atoms with Gasteiger partial charge in [-0.1, -0.05) is 24.3 Å². The van der Waals surface area contributed by atoms with E-state index in [1.54, 1.807) is 0 Å². The smallest absolute Gasteiger partial charge is 0.407 e. The fourth-order valence-corrected chi connectivity index (χ4v) is 5.86. The molecule has 5 nitrogen and oxygen atoms in total. The molecule has 0 aromatic heterocycles. The van der Waals surface area contributed by atoms with Gasteiger partial charge >= 0.3 is 6.09 Å². The molecule has 3 aliphatic carbocycles. The number of carbonyl (C=O) groups is 2. The number of benzene rings is 1. The molecule has 2 aliphatic heterocycles. The van der Waals surface area contributed by atoms with E-state index in [4.69, 9.17) is 4.74 Å². The molecule has 5 heteroatoms. The zero-order chi connectivity index (χ0) is 18.2. The van der Waals surface area contributed by atoms with Crippen molar-refractivity contribution in [3.8, 4) is 0 Å². The van der Waals surface area contributed by atoms with Crippen molar-refractivity contribution in [3.05, 3.63) is 35.4 Å². The average Bonchev–Trinajstić information content (AvgIpc) is 3.56. The summed E-state index contributed by atoms with van der Waals surface area (Å²) < 4.78 is 5.03. The van der Waals surface area contributed by atoms with Crippen LogP contribution >= 0.6 is 0 Å². The van der Waals surface area contributed by atoms with Crippen LogP contribution in [0.1, 0.15) is 55.6 Å². The number of rotatable bonds is 3. The third-order valence-electron chi connectivity index (χ3n) is 7.79. The van der Waals surface area contributed by atoms with Crippen LogP contribution in [0, 0.1) is 11.8 Å². The molecule has 1 aromatic rings. The Kier molecular flexibility index (Phi) is 3.12. The van der Waals surface area contributed by atoms with Crippen molar-refractivity contribution in [3.63, 3.8) is 0 Å². The summed E-state index contributed by atoms with van der Waals surface area (Å²) in [5.41, 5.74) is 3.10. The molecule has 5 aliphatic rings. The number of fused-ring (bicyclic) bond motifs is 1. The van der Waals surface area contributed by atoms with Gasteiger partial charge in [0, 0.05) is 24.4 Å². The molecule has 142 valence electrons. The van der Waals surface area contributed by atoms with E-state index < -0.39 is 0 Å². The lowest BCUT2D eigenvalue weighted by molar-refractivity contribution is -0.142. The first-order valence-electron chi connectivity index (χ1n) is 10.4. The van der Waals surface area contributed by atoms with Crippen LogP contribution in [0.4, 0.5) is 4.79 Å². The fraction of sp³-hybridized carbons (Fsp3) is 0.636. The summed E-state index contributed by atoms with van der Waals surface area (Å²) in [4.78, 5) is 26.3. The molecule has 6 rings (SSSR count). The molecule has 2 atom stereocenters. The number of hydrogen-bond donors (Lipinski definition) is 1. The van der Waals surface area contributed by atoms with Gasteiger partial charge in [0.2, 0.25) is 5.91 Å². The molecule has 3 saturated carbocycles. The van der Waals surface area contributed by atoms with Crippen molar-refractivity contribution in [1.29, 1.82) is 0 Å². The zero-order valence-corrected chi connectivity index (χ0v) is 15.6. The van der Waals surface area contributed by atoms with E-state index in [0.29, 0.717) is 17.9 Å². The van der Waals surface area contributed by atoms with Crippen LogP contribution in [0.15, 0.2) is 24.3 Å². The Balaban J connectivity index is 1.10. The van der Waals surface area contributed by atoms with E-state index in [1.807, 2.05) is 0 Å². The van der Waals surface area contributed by atoms with Crippen molar-refractivity contribution < 1.29 is 14.3 Å². The molecular weight excluding hydrogens is 340 g/mol. The topological polar surface area (TPSA) is 58.6 Å². The number of alkyl carbamates (subject to hydrolysis) is 1. The first kappa shape index (κ1) is 16.0. The molecule has 1 aromatic carbocycles. The number of hydrogen-bond acceptors (Lipinski definition) is 3. The first-order chi connectivity index (χ1) is 13.1. The van der Waals surface area contributed by atoms with Gasteiger partial charge in [0.1, 0.15) is 6.61 Å². The van der Waals surface area contributed by atoms with Crippen molar-refractivity contribution in [2.24, 2.45) is 11.8 Å². The maximum atomic E-state index is 12.9. The Morgan fingerprint density at radius 1 is 1.22 bits per heavy atom. The van der Waals surface area contributed by atoms with Gasteiger partial charge < -0.3 is 15.0 Å². The molecule has 5 fully saturated rings. The van der Waals surface area contributed by atoms with E-state index in [1.165, 1.54) is 30.4 Å². The molecule has 2 saturated heterocycles. The van der Waals surface area contributed by atoms with Crippen molar-refractivity contribution in [2.75, 3.05) is 19.7 Å². The van der Waals surface area contributed by atoms with Gasteiger partial charge in [-0.15, -0.1) is 0 Å². The van der Waals surface area contributed by atoms with Gasteiger partial charge in [0.15, 0.2) is 0 Å². The highest BCUT2D eigenvalue weighted by molar-refractivity contribution is 5.82. The summed E-state index contributed by atoms with van der Waals surface area (Å²) >= 11 is 0. The van der Waals surface area contributed by atoms with Crippen LogP contribution in [-0.4, -0.2) is 42.1 Å². The van der Waals surface area contributed by atoms with E-state index in [0.717, 1.165) is 38.3 Å². The Labute approximate surface area is 159 Å². The van der Waals surface area contributed by atoms with E-state index >= 15 is 0 Å². The normalized spacial score (nSPS) is 39.4. The number of ether oxygens (including phenoxy) is 1. The lowest BCUT2D eigenvalue weighted by Crippen LogP contribution is -2.58. The molecule has 0 radical (unpaired) electrons. The summed E-state index contributed by atoms with van der Waals surface area (Å²) in [5, 5.41) is 2.89. The van der Waals surface area contributed by atoms with Crippen LogP contribution in [0.5, 0.6) is 0 Å². The number of nitrogens with zero attached hydrogens (tertiary/aromatic N) is 1. The van der Waals surface area contributed by atoms with Crippen molar-refractivity contribution in [1.82, 2.24) is 10.2 Å². The maximum Gasteiger partial charge on any atom is 0.407 e. The van der Waals surface area contributed by atoms with Gasteiger partial charge in [-0.25, -0.2) is 4.79 Å². The summed E-state index contributed by atoms with van der Waals surface area (Å²) in [6, 6.07) is 9.28. The Hall–Kier alpha value is -2.04. The van der Waals surface area contributed by atoms with Crippen LogP contribution in [-0.2, 0) is 14.9 Å². The van der Waals surface area contributed by atoms with Crippen LogP contribution in [0.2, 0.25) is 0 Å². The predicted molar refractivity (Wildman–Crippen MR) is 99.3 cm³/mol. The highest BCUT2D eigenvalue weighted by Gasteiger charge is 2.59. The molecule has 2 heterocycles. The monoisotopic (exact) mass is 366 g/mol. The Morgan fingerprint density at radius 2 is 2.07 bits per heavy atom. The van der Waals surface area contributed by atoms with Gasteiger partial charge in [-0.05, 0) is 61.5 Å². The fourth-order valence-electron chi connectivity index (χ4n) is 5.86. The van der Waals surface area contributed by atoms with E-state index in [-0.39, 0.29) is 23.5 Å². The maximum absolute atomic E-state index is 12.9. The standard InChI is InChI=1S/C22H26N2O3/c25-19(16-9-21(10-16)13-27-20(26)23-21)24-7-6-22(11-18(22)12-24)17-3-1-2-15(8-17)14-4-5-14/h1-3,8,14,16,18H,4-7,9-13H2,(H,23,26). The molecule has 0 bridgehead atoms. The lowest BCUT2D eigenvalue weighted by atomic mass is 9.68. The number of likely N-dealkylation sites (tertiary alicyclic amines) is 1. The van der Waals surface area contributed by atoms with Gasteiger partial charge in [-0.3, -0.25) is 4.79 Å². The quantitative estimate of drug-likeness (QED) is 0.895. The molecular formula is C22H26N2O3. The second-order valence-electron chi connectivity index (χ2n) is 9.58. The number of piperidine rings is 1. The average molecular weight is 366 g/mol. The third kappa shape index (κ3) is 2.43. The Bertz CT molecular complexity index is 827. The minimum Gasteiger partial charge on any atom is -0.447 e. The largest absolute Gasteiger partial charge is 0.447 e. The minimum atomic E-state index is -0.338. The van der Waals surface area contributed by atoms with Crippen LogP contribution in [0.25, 0.3) is 0 Å². The minimum absolute atomic E-state index is 0.0523. The second-order valence-corrected chi connectivity index (χ2v) is 9.58. The van der Waals surface area contributed by atoms with Crippen LogP contribution in [0.3, 0.4) is 0 Å². The second kappa shape index (κ2) is 5.27. The van der Waals surface area contributed by atoms with Crippen LogP contribution < -0.4 is 5.32 Å². The first-order valence-corrected chi connectivity index (χ1v) is 10.4. The molecule has 2 amide bonds. The highest BCUT2D eigenvalue weighted by atomic mass is 16.6. The van der Waals surface area contributed by atoms with Crippen molar-refractivity contribution in [2.45, 2.75) is 55.4 Å². The van der Waals surface area contributed by atoms with Gasteiger partial charge in [0.05, 0.1) is 5.54 Å². The molecule has 1 N–H and O–H groups in total. The van der Waals surface area contributed by atoms with Gasteiger partial charge in [0.25, 0.3) is 0 Å². The zero-order valence-electron chi connectivity index (χ0n) is 15.6. The number of nitrogens with one attached hydrogen (secondary N) is 1. The SMILES string of the molecule is O=C1NC2(CO1)CC(C(=O)N1CCC3(c4cccc(C5CC5)c4)CC3C1)C2. The lowest BCUT2D eigenvalue weighted by Gasteiger charge is -2.44. The van der Waals surface area contributed by atoms with Gasteiger partial charge in [-0.2, -0.15) is 0 Å². The highest BCUT2D eigenvalue weighted by Crippen LogP contribution is 2.60. The number of carbonyl (C=O) groups excluding carboxylic acids is 2. The van der Waals surface area contributed by atoms with Crippen molar-refractivity contribution >= 4 is 12.0 Å². The summed E-state index contributed by atoms with van der Waals surface area (Å²) in [6.07, 6.45) is 6.13. The Morgan fingerprint density at radius 3 is 2.78 bits per heavy atom. The third-order valence-corrected chi connectivity index (χ3v) is 7.79. The van der Waals surface area contributed by atoms with E-state index in [2.05, 4.69) is 34.5 Å². The molecule has 1 spiro atoms. The molecule has 27 heavy (non-hydrogen) atoms. The number of amides is 2. The molecule has 2 unspecified atom stereocenters. The number of cyclic esters (lactones) is 1. The summed E-state index contributed by atoms with van der Waals surface area (Å²) in [5.74, 6) is 1.75. The summed E-state index contributed by atoms with van der Waals surface area (Å²) in [7, 11) is 0. The van der Waals surface area contributed by atoms with E-state index in [9.17, 15) is 9.59 Å². The summed E-state index contributed by atoms with van der Waals surface area (Å²) in [6.45, 7) is 2.19. The predicted octanol–water partition coefficient (Wildman–Crippen LogP) is 2.94.